The van der Waals surface area contributed by atoms with Crippen LogP contribution < -0.4 is 10.2 Å². The third kappa shape index (κ3) is 0.832. The normalized spacial score (nSPS) is 10.6. The summed E-state index contributed by atoms with van der Waals surface area (Å²) in [6, 6.07) is 3.45. The van der Waals surface area contributed by atoms with E-state index in [4.69, 9.17) is 0 Å². The molecule has 0 atom stereocenters. The number of hydrogen-bond donors (Lipinski definition) is 2. The van der Waals surface area contributed by atoms with Gasteiger partial charge in [0.15, 0.2) is 7.05 Å². The summed E-state index contributed by atoms with van der Waals surface area (Å²) in [5.41, 5.74) is 1.75. The number of aryl methyl sites for hydroxylation is 1. The smallest absolute Gasteiger partial charge is 0.300 e. The Kier molecular flexibility index (Phi) is 1.09. The number of rotatable bonds is 0. The van der Waals surface area contributed by atoms with Gasteiger partial charge in [0.05, 0.1) is 0 Å². The van der Waals surface area contributed by atoms with E-state index in [0.29, 0.717) is 0 Å². The molecule has 0 unspecified atom stereocenters. The second-order valence-corrected chi connectivity index (χ2v) is 2.46. The number of nitrogens with one attached hydrogen (secondary N) is 2. The largest absolute Gasteiger partial charge is 0.356 e. The van der Waals surface area contributed by atoms with Gasteiger partial charge in [-0.3, -0.25) is 4.79 Å². The molecule has 2 rings (SSSR count). The minimum Gasteiger partial charge on any atom is -0.356 e. The van der Waals surface area contributed by atoms with Crippen LogP contribution in [0.3, 0.4) is 0 Å². The molecule has 2 N–H and O–H groups in total. The van der Waals surface area contributed by atoms with Gasteiger partial charge >= 0.3 is 0 Å². The Bertz CT molecular complexity index is 440. The van der Waals surface area contributed by atoms with E-state index >= 15 is 0 Å². The lowest BCUT2D eigenvalue weighted by molar-refractivity contribution is -0.707. The van der Waals surface area contributed by atoms with Gasteiger partial charge in [-0.2, -0.15) is 0 Å². The first-order valence-corrected chi connectivity index (χ1v) is 3.34. The van der Waals surface area contributed by atoms with Crippen molar-refractivity contribution in [3.05, 3.63) is 28.7 Å². The minimum atomic E-state index is -0.0950. The van der Waals surface area contributed by atoms with Gasteiger partial charge in [0, 0.05) is 18.3 Å². The molecule has 0 radical (unpaired) electrons. The van der Waals surface area contributed by atoms with Gasteiger partial charge in [0.25, 0.3) is 11.1 Å². The first-order valence-electron chi connectivity index (χ1n) is 3.34. The highest BCUT2D eigenvalue weighted by molar-refractivity contribution is 5.70. The summed E-state index contributed by atoms with van der Waals surface area (Å²) in [6.45, 7) is 0. The van der Waals surface area contributed by atoms with E-state index in [1.807, 2.05) is 6.07 Å². The van der Waals surface area contributed by atoms with E-state index in [9.17, 15) is 4.79 Å². The van der Waals surface area contributed by atoms with Crippen LogP contribution in [-0.4, -0.2) is 10.1 Å². The molecule has 0 aliphatic carbocycles. The maximum Gasteiger partial charge on any atom is 0.300 e. The zero-order chi connectivity index (χ0) is 7.84. The standard InChI is InChI=1S/C7H7N3O/c1-10-6-2-3-8-5(6)4-7(11)9-10/h2-4H,1H3,(H,9,11)/p+1. The van der Waals surface area contributed by atoms with Gasteiger partial charge in [-0.15, -0.1) is 9.78 Å². The van der Waals surface area contributed by atoms with Gasteiger partial charge in [0.1, 0.15) is 5.52 Å². The summed E-state index contributed by atoms with van der Waals surface area (Å²) in [6.07, 6.45) is 1.80. The summed E-state index contributed by atoms with van der Waals surface area (Å²) in [5, 5.41) is 2.64. The van der Waals surface area contributed by atoms with Crippen LogP contribution in [0, 0.1) is 0 Å². The molecule has 0 saturated carbocycles. The van der Waals surface area contributed by atoms with Crippen LogP contribution in [0.15, 0.2) is 23.1 Å². The molecular weight excluding hydrogens is 142 g/mol. The maximum absolute atomic E-state index is 10.9. The van der Waals surface area contributed by atoms with Crippen LogP contribution >= 0.6 is 0 Å². The van der Waals surface area contributed by atoms with E-state index in [1.165, 1.54) is 6.07 Å². The first-order chi connectivity index (χ1) is 5.27. The molecule has 2 heterocycles. The molecular formula is C7H8N3O+. The van der Waals surface area contributed by atoms with Crippen LogP contribution in [0.25, 0.3) is 11.0 Å². The summed E-state index contributed by atoms with van der Waals surface area (Å²) < 4.78 is 1.69. The molecule has 0 saturated heterocycles. The van der Waals surface area contributed by atoms with Crippen molar-refractivity contribution < 1.29 is 4.68 Å². The average molecular weight is 150 g/mol. The van der Waals surface area contributed by atoms with E-state index in [2.05, 4.69) is 10.1 Å². The number of hydrogen-bond acceptors (Lipinski definition) is 1. The third-order valence-electron chi connectivity index (χ3n) is 1.67. The van der Waals surface area contributed by atoms with Gasteiger partial charge in [-0.1, -0.05) is 0 Å². The van der Waals surface area contributed by atoms with Crippen LogP contribution in [-0.2, 0) is 7.05 Å². The van der Waals surface area contributed by atoms with Crippen LogP contribution in [0.2, 0.25) is 0 Å². The molecule has 0 aliphatic rings. The Morgan fingerprint density at radius 1 is 1.55 bits per heavy atom. The molecule has 0 spiro atoms. The Morgan fingerprint density at radius 3 is 3.18 bits per heavy atom. The predicted octanol–water partition coefficient (Wildman–Crippen LogP) is -0.319. The third-order valence-corrected chi connectivity index (χ3v) is 1.67. The Balaban J connectivity index is 3.02. The molecule has 0 aliphatic heterocycles. The molecule has 0 amide bonds. The fraction of sp³-hybridized carbons (Fsp3) is 0.143. The van der Waals surface area contributed by atoms with Gasteiger partial charge in [-0.25, -0.2) is 0 Å². The first kappa shape index (κ1) is 6.15. The lowest BCUT2D eigenvalue weighted by atomic mass is 10.4. The van der Waals surface area contributed by atoms with E-state index in [0.717, 1.165) is 11.0 Å². The topological polar surface area (TPSA) is 52.5 Å². The molecule has 2 aromatic rings. The van der Waals surface area contributed by atoms with Crippen molar-refractivity contribution >= 4 is 11.0 Å². The number of fused-ring (bicyclic) bond motifs is 1. The quantitative estimate of drug-likeness (QED) is 0.497. The molecule has 2 aromatic heterocycles. The molecule has 0 bridgehead atoms. The van der Waals surface area contributed by atoms with Crippen molar-refractivity contribution in [1.29, 1.82) is 0 Å². The van der Waals surface area contributed by atoms with Gasteiger partial charge in [0.2, 0.25) is 0 Å². The SMILES string of the molecule is C[n+]1[nH]c(=O)cc2[nH]ccc21. The van der Waals surface area contributed by atoms with Gasteiger partial charge in [-0.05, 0) is 0 Å². The van der Waals surface area contributed by atoms with Crippen molar-refractivity contribution in [2.75, 3.05) is 0 Å². The average Bonchev–Trinajstić information content (AvgIpc) is 2.34. The minimum absolute atomic E-state index is 0.0950. The maximum atomic E-state index is 10.9. The highest BCUT2D eigenvalue weighted by Crippen LogP contribution is 2.00. The number of aromatic nitrogens is 3. The fourth-order valence-corrected chi connectivity index (χ4v) is 1.17. The fourth-order valence-electron chi connectivity index (χ4n) is 1.17. The zero-order valence-corrected chi connectivity index (χ0v) is 6.09. The molecule has 11 heavy (non-hydrogen) atoms. The van der Waals surface area contributed by atoms with E-state index in [-0.39, 0.29) is 5.56 Å². The Hall–Kier alpha value is -1.58. The lowest BCUT2D eigenvalue weighted by Crippen LogP contribution is -2.38. The summed E-state index contributed by atoms with van der Waals surface area (Å²) in [7, 11) is 1.80. The summed E-state index contributed by atoms with van der Waals surface area (Å²) in [4.78, 5) is 13.9. The van der Waals surface area contributed by atoms with Crippen molar-refractivity contribution in [3.8, 4) is 0 Å². The summed E-state index contributed by atoms with van der Waals surface area (Å²) in [5.74, 6) is 0. The van der Waals surface area contributed by atoms with Crippen molar-refractivity contribution in [2.24, 2.45) is 7.05 Å². The number of aromatic amines is 2. The second-order valence-electron chi connectivity index (χ2n) is 2.46. The molecule has 0 aromatic carbocycles. The van der Waals surface area contributed by atoms with Crippen LogP contribution in [0.1, 0.15) is 0 Å². The lowest BCUT2D eigenvalue weighted by Gasteiger charge is -1.86. The molecule has 0 fully saturated rings. The predicted molar refractivity (Wildman–Crippen MR) is 40.1 cm³/mol. The Morgan fingerprint density at radius 2 is 2.36 bits per heavy atom. The van der Waals surface area contributed by atoms with Crippen molar-refractivity contribution in [2.45, 2.75) is 0 Å². The zero-order valence-electron chi connectivity index (χ0n) is 6.09. The van der Waals surface area contributed by atoms with Crippen LogP contribution in [0.5, 0.6) is 0 Å². The van der Waals surface area contributed by atoms with E-state index < -0.39 is 0 Å². The van der Waals surface area contributed by atoms with E-state index in [1.54, 1.807) is 17.9 Å². The highest BCUT2D eigenvalue weighted by Gasteiger charge is 2.05. The number of nitrogens with zero attached hydrogens (tertiary/aromatic N) is 1. The molecule has 4 heteroatoms. The molecule has 4 nitrogen and oxygen atoms in total. The van der Waals surface area contributed by atoms with Gasteiger partial charge < -0.3 is 4.98 Å². The second kappa shape index (κ2) is 1.95. The van der Waals surface area contributed by atoms with Crippen molar-refractivity contribution in [1.82, 2.24) is 10.1 Å². The van der Waals surface area contributed by atoms with Crippen molar-refractivity contribution in [3.63, 3.8) is 0 Å². The van der Waals surface area contributed by atoms with Crippen LogP contribution in [0.4, 0.5) is 0 Å². The summed E-state index contributed by atoms with van der Waals surface area (Å²) >= 11 is 0. The Labute approximate surface area is 62.5 Å². The number of H-pyrrole nitrogens is 2. The monoisotopic (exact) mass is 150 g/mol. The highest BCUT2D eigenvalue weighted by atomic mass is 16.1. The molecule has 56 valence electrons.